The standard InChI is InChI=1S/C25H26N6O/c1-28(2)25(32)20-10-8-19(9-11-20)21-16-23-24(26-18-27-31(23)17-21)30-14-12-29(13-15-30)22-6-4-3-5-7-22/h3-11,16-18H,12-15H2,1-2H3. The van der Waals surface area contributed by atoms with Gasteiger partial charge >= 0.3 is 0 Å². The van der Waals surface area contributed by atoms with Crippen LogP contribution < -0.4 is 9.80 Å². The lowest BCUT2D eigenvalue weighted by Crippen LogP contribution is -2.47. The highest BCUT2D eigenvalue weighted by atomic mass is 16.2. The van der Waals surface area contributed by atoms with Crippen LogP contribution in [0.15, 0.2) is 73.2 Å². The van der Waals surface area contributed by atoms with Gasteiger partial charge in [-0.3, -0.25) is 4.79 Å². The van der Waals surface area contributed by atoms with Gasteiger partial charge in [0, 0.05) is 63.3 Å². The van der Waals surface area contributed by atoms with Gasteiger partial charge in [-0.25, -0.2) is 9.50 Å². The summed E-state index contributed by atoms with van der Waals surface area (Å²) >= 11 is 0. The Hall–Kier alpha value is -3.87. The summed E-state index contributed by atoms with van der Waals surface area (Å²) in [5.41, 5.74) is 5.04. The number of para-hydroxylation sites is 1. The molecule has 0 aliphatic carbocycles. The van der Waals surface area contributed by atoms with E-state index in [0.29, 0.717) is 5.56 Å². The molecule has 1 amide bonds. The van der Waals surface area contributed by atoms with Crippen LogP contribution in [0.1, 0.15) is 10.4 Å². The Morgan fingerprint density at radius 3 is 2.25 bits per heavy atom. The molecule has 0 radical (unpaired) electrons. The van der Waals surface area contributed by atoms with Crippen molar-refractivity contribution in [3.05, 3.63) is 78.8 Å². The largest absolute Gasteiger partial charge is 0.368 e. The van der Waals surface area contributed by atoms with Gasteiger partial charge in [0.1, 0.15) is 11.8 Å². The molecule has 1 aliphatic rings. The number of carbonyl (C=O) groups excluding carboxylic acids is 1. The Labute approximate surface area is 187 Å². The number of nitrogens with zero attached hydrogens (tertiary/aromatic N) is 6. The van der Waals surface area contributed by atoms with E-state index in [0.717, 1.165) is 48.6 Å². The fourth-order valence-corrected chi connectivity index (χ4v) is 4.20. The predicted molar refractivity (Wildman–Crippen MR) is 127 cm³/mol. The van der Waals surface area contributed by atoms with Crippen LogP contribution in [0.4, 0.5) is 11.5 Å². The topological polar surface area (TPSA) is 57.0 Å². The van der Waals surface area contributed by atoms with Crippen LogP contribution in [0.3, 0.4) is 0 Å². The molecule has 7 heteroatoms. The second-order valence-electron chi connectivity index (χ2n) is 8.23. The molecular formula is C25H26N6O. The third-order valence-corrected chi connectivity index (χ3v) is 5.96. The van der Waals surface area contributed by atoms with Gasteiger partial charge in [0.15, 0.2) is 5.82 Å². The zero-order chi connectivity index (χ0) is 22.1. The Morgan fingerprint density at radius 2 is 1.56 bits per heavy atom. The van der Waals surface area contributed by atoms with Crippen molar-refractivity contribution in [2.45, 2.75) is 0 Å². The highest BCUT2D eigenvalue weighted by molar-refractivity contribution is 5.94. The molecule has 1 aliphatic heterocycles. The number of piperazine rings is 1. The van der Waals surface area contributed by atoms with E-state index in [2.05, 4.69) is 56.3 Å². The molecular weight excluding hydrogens is 400 g/mol. The summed E-state index contributed by atoms with van der Waals surface area (Å²) in [6.45, 7) is 3.72. The Bertz CT molecular complexity index is 1220. The predicted octanol–water partition coefficient (Wildman–Crippen LogP) is 3.42. The summed E-state index contributed by atoms with van der Waals surface area (Å²) in [5.74, 6) is 0.958. The van der Waals surface area contributed by atoms with Crippen LogP contribution in [0.5, 0.6) is 0 Å². The first-order valence-electron chi connectivity index (χ1n) is 10.8. The minimum Gasteiger partial charge on any atom is -0.368 e. The molecule has 162 valence electrons. The van der Waals surface area contributed by atoms with Gasteiger partial charge in [-0.2, -0.15) is 5.10 Å². The fraction of sp³-hybridized carbons (Fsp3) is 0.240. The summed E-state index contributed by atoms with van der Waals surface area (Å²) in [4.78, 5) is 23.1. The van der Waals surface area contributed by atoms with E-state index in [9.17, 15) is 4.79 Å². The number of amides is 1. The van der Waals surface area contributed by atoms with Crippen LogP contribution in [0, 0.1) is 0 Å². The molecule has 0 spiro atoms. The maximum Gasteiger partial charge on any atom is 0.253 e. The minimum atomic E-state index is 0.00129. The number of benzene rings is 2. The molecule has 2 aromatic carbocycles. The maximum atomic E-state index is 12.2. The smallest absolute Gasteiger partial charge is 0.253 e. The molecule has 0 bridgehead atoms. The van der Waals surface area contributed by atoms with Crippen LogP contribution in [-0.4, -0.2) is 65.7 Å². The number of rotatable bonds is 4. The second kappa shape index (κ2) is 8.34. The lowest BCUT2D eigenvalue weighted by Gasteiger charge is -2.36. The lowest BCUT2D eigenvalue weighted by atomic mass is 10.1. The Balaban J connectivity index is 1.38. The normalized spacial score (nSPS) is 14.1. The van der Waals surface area contributed by atoms with E-state index in [-0.39, 0.29) is 5.91 Å². The third-order valence-electron chi connectivity index (χ3n) is 5.96. The molecule has 2 aromatic heterocycles. The molecule has 3 heterocycles. The fourth-order valence-electron chi connectivity index (χ4n) is 4.20. The minimum absolute atomic E-state index is 0.00129. The number of hydrogen-bond acceptors (Lipinski definition) is 5. The number of fused-ring (bicyclic) bond motifs is 1. The summed E-state index contributed by atoms with van der Waals surface area (Å²) in [6, 6.07) is 20.4. The van der Waals surface area contributed by atoms with Gasteiger partial charge < -0.3 is 14.7 Å². The van der Waals surface area contributed by atoms with Crippen LogP contribution in [0.25, 0.3) is 16.6 Å². The molecule has 32 heavy (non-hydrogen) atoms. The number of hydrogen-bond donors (Lipinski definition) is 0. The van der Waals surface area contributed by atoms with Crippen molar-refractivity contribution in [2.75, 3.05) is 50.1 Å². The monoisotopic (exact) mass is 426 g/mol. The SMILES string of the molecule is CN(C)C(=O)c1ccc(-c2cc3c(N4CCN(c5ccccc5)CC4)ncnn3c2)cc1. The average molecular weight is 427 g/mol. The van der Waals surface area contributed by atoms with E-state index in [4.69, 9.17) is 0 Å². The van der Waals surface area contributed by atoms with Crippen LogP contribution >= 0.6 is 0 Å². The average Bonchev–Trinajstić information content (AvgIpc) is 3.29. The van der Waals surface area contributed by atoms with Crippen molar-refractivity contribution in [2.24, 2.45) is 0 Å². The summed E-state index contributed by atoms with van der Waals surface area (Å²) in [6.07, 6.45) is 3.64. The summed E-state index contributed by atoms with van der Waals surface area (Å²) in [7, 11) is 3.52. The maximum absolute atomic E-state index is 12.2. The first-order valence-corrected chi connectivity index (χ1v) is 10.8. The van der Waals surface area contributed by atoms with Crippen molar-refractivity contribution in [1.29, 1.82) is 0 Å². The highest BCUT2D eigenvalue weighted by Crippen LogP contribution is 2.28. The van der Waals surface area contributed by atoms with Gasteiger partial charge in [0.05, 0.1) is 0 Å². The first-order chi connectivity index (χ1) is 15.6. The molecule has 7 nitrogen and oxygen atoms in total. The van der Waals surface area contributed by atoms with E-state index in [1.54, 1.807) is 25.3 Å². The van der Waals surface area contributed by atoms with Gasteiger partial charge in [0.2, 0.25) is 0 Å². The van der Waals surface area contributed by atoms with Crippen molar-refractivity contribution in [3.63, 3.8) is 0 Å². The molecule has 5 rings (SSSR count). The Morgan fingerprint density at radius 1 is 0.875 bits per heavy atom. The lowest BCUT2D eigenvalue weighted by molar-refractivity contribution is 0.0827. The number of anilines is 2. The molecule has 4 aromatic rings. The number of aromatic nitrogens is 3. The van der Waals surface area contributed by atoms with Gasteiger partial charge in [-0.05, 0) is 35.9 Å². The molecule has 0 unspecified atom stereocenters. The zero-order valence-electron chi connectivity index (χ0n) is 18.3. The van der Waals surface area contributed by atoms with Crippen LogP contribution in [0.2, 0.25) is 0 Å². The second-order valence-corrected chi connectivity index (χ2v) is 8.23. The zero-order valence-corrected chi connectivity index (χ0v) is 18.3. The number of carbonyl (C=O) groups is 1. The van der Waals surface area contributed by atoms with E-state index in [1.165, 1.54) is 5.69 Å². The quantitative estimate of drug-likeness (QED) is 0.501. The van der Waals surface area contributed by atoms with Crippen molar-refractivity contribution in [1.82, 2.24) is 19.5 Å². The van der Waals surface area contributed by atoms with Crippen LogP contribution in [-0.2, 0) is 0 Å². The van der Waals surface area contributed by atoms with Crippen molar-refractivity contribution in [3.8, 4) is 11.1 Å². The molecule has 1 fully saturated rings. The van der Waals surface area contributed by atoms with Crippen molar-refractivity contribution < 1.29 is 4.79 Å². The van der Waals surface area contributed by atoms with E-state index < -0.39 is 0 Å². The van der Waals surface area contributed by atoms with E-state index in [1.807, 2.05) is 35.0 Å². The third kappa shape index (κ3) is 3.77. The highest BCUT2D eigenvalue weighted by Gasteiger charge is 2.21. The first kappa shape index (κ1) is 20.1. The molecule has 1 saturated heterocycles. The molecule has 0 saturated carbocycles. The summed E-state index contributed by atoms with van der Waals surface area (Å²) < 4.78 is 1.89. The Kier molecular flexibility index (Phi) is 5.23. The molecule has 0 atom stereocenters. The van der Waals surface area contributed by atoms with E-state index >= 15 is 0 Å². The summed E-state index contributed by atoms with van der Waals surface area (Å²) in [5, 5.41) is 4.42. The molecule has 0 N–H and O–H groups in total. The van der Waals surface area contributed by atoms with Gasteiger partial charge in [-0.1, -0.05) is 30.3 Å². The van der Waals surface area contributed by atoms with Gasteiger partial charge in [-0.15, -0.1) is 0 Å². The van der Waals surface area contributed by atoms with Crippen molar-refractivity contribution >= 4 is 22.9 Å². The van der Waals surface area contributed by atoms with Gasteiger partial charge in [0.25, 0.3) is 5.91 Å².